The van der Waals surface area contributed by atoms with Gasteiger partial charge in [-0.05, 0) is 26.3 Å². The molecule has 0 spiro atoms. The molecule has 1 unspecified atom stereocenters. The fourth-order valence-corrected chi connectivity index (χ4v) is 1.65. The van der Waals surface area contributed by atoms with Gasteiger partial charge in [0.05, 0.1) is 0 Å². The molecule has 1 aromatic carbocycles. The first-order valence-electron chi connectivity index (χ1n) is 5.30. The molecule has 1 rings (SSSR count). The molecule has 0 aromatic heterocycles. The highest BCUT2D eigenvalue weighted by atomic mass is 16.3. The molecule has 0 aliphatic rings. The normalized spacial score (nSPS) is 14.9. The van der Waals surface area contributed by atoms with Crippen LogP contribution in [0.25, 0.3) is 0 Å². The summed E-state index contributed by atoms with van der Waals surface area (Å²) in [5.41, 5.74) is 0.891. The first kappa shape index (κ1) is 12.0. The first-order valence-corrected chi connectivity index (χ1v) is 5.30. The molecule has 0 bridgehead atoms. The molecule has 3 N–H and O–H groups in total. The number of hydrogen-bond acceptors (Lipinski definition) is 3. The largest absolute Gasteiger partial charge is 0.508 e. The number of aliphatic hydroxyl groups excluding tert-OH is 1. The summed E-state index contributed by atoms with van der Waals surface area (Å²) in [5, 5.41) is 21.7. The van der Waals surface area contributed by atoms with E-state index < -0.39 is 0 Å². The number of phenols is 1. The van der Waals surface area contributed by atoms with Gasteiger partial charge in [-0.15, -0.1) is 0 Å². The van der Waals surface area contributed by atoms with Crippen molar-refractivity contribution < 1.29 is 10.2 Å². The first-order chi connectivity index (χ1) is 7.15. The highest BCUT2D eigenvalue weighted by molar-refractivity contribution is 5.34. The number of phenolic OH excluding ortho intramolecular Hbond substituents is 1. The zero-order chi connectivity index (χ0) is 11.3. The highest BCUT2D eigenvalue weighted by Crippen LogP contribution is 2.23. The van der Waals surface area contributed by atoms with Crippen LogP contribution >= 0.6 is 0 Å². The van der Waals surface area contributed by atoms with Crippen molar-refractivity contribution in [3.63, 3.8) is 0 Å². The Bertz CT molecular complexity index is 301. The minimum atomic E-state index is 0.0905. The van der Waals surface area contributed by atoms with Crippen LogP contribution in [0.1, 0.15) is 31.9 Å². The lowest BCUT2D eigenvalue weighted by molar-refractivity contribution is 0.264. The molecule has 0 saturated heterocycles. The molecular formula is C12H19NO2. The van der Waals surface area contributed by atoms with Crippen molar-refractivity contribution in [2.24, 2.45) is 0 Å². The van der Waals surface area contributed by atoms with Crippen LogP contribution in [0.4, 0.5) is 0 Å². The average molecular weight is 209 g/mol. The van der Waals surface area contributed by atoms with Crippen LogP contribution in [0, 0.1) is 0 Å². The van der Waals surface area contributed by atoms with E-state index in [1.54, 1.807) is 6.07 Å². The Kier molecular flexibility index (Phi) is 4.59. The Morgan fingerprint density at radius 1 is 1.27 bits per heavy atom. The number of benzene rings is 1. The maximum atomic E-state index is 9.63. The minimum absolute atomic E-state index is 0.0905. The average Bonchev–Trinajstić information content (AvgIpc) is 2.18. The van der Waals surface area contributed by atoms with Crippen LogP contribution in [0.5, 0.6) is 5.75 Å². The topological polar surface area (TPSA) is 52.5 Å². The summed E-state index contributed by atoms with van der Waals surface area (Å²) in [6.07, 6.45) is 0.720. The van der Waals surface area contributed by atoms with E-state index in [0.29, 0.717) is 5.75 Å². The van der Waals surface area contributed by atoms with Gasteiger partial charge in [-0.25, -0.2) is 0 Å². The minimum Gasteiger partial charge on any atom is -0.508 e. The Hall–Kier alpha value is -1.06. The lowest BCUT2D eigenvalue weighted by Gasteiger charge is -2.20. The van der Waals surface area contributed by atoms with E-state index in [-0.39, 0.29) is 18.7 Å². The van der Waals surface area contributed by atoms with Crippen LogP contribution in [0.2, 0.25) is 0 Å². The number of rotatable bonds is 5. The van der Waals surface area contributed by atoms with Gasteiger partial charge in [0.2, 0.25) is 0 Å². The van der Waals surface area contributed by atoms with Crippen molar-refractivity contribution in [1.29, 1.82) is 0 Å². The van der Waals surface area contributed by atoms with Crippen LogP contribution in [-0.4, -0.2) is 22.9 Å². The van der Waals surface area contributed by atoms with Gasteiger partial charge in [-0.3, -0.25) is 0 Å². The van der Waals surface area contributed by atoms with Crippen molar-refractivity contribution in [2.75, 3.05) is 6.61 Å². The van der Waals surface area contributed by atoms with E-state index in [2.05, 4.69) is 5.32 Å². The Labute approximate surface area is 90.8 Å². The molecule has 0 heterocycles. The Morgan fingerprint density at radius 3 is 2.53 bits per heavy atom. The quantitative estimate of drug-likeness (QED) is 0.693. The van der Waals surface area contributed by atoms with E-state index in [1.165, 1.54) is 0 Å². The van der Waals surface area contributed by atoms with Crippen LogP contribution in [0.15, 0.2) is 24.3 Å². The van der Waals surface area contributed by atoms with E-state index in [0.717, 1.165) is 12.0 Å². The smallest absolute Gasteiger partial charge is 0.120 e. The van der Waals surface area contributed by atoms with E-state index >= 15 is 0 Å². The molecule has 0 amide bonds. The lowest BCUT2D eigenvalue weighted by Crippen LogP contribution is -2.29. The third-order valence-corrected chi connectivity index (χ3v) is 2.50. The number of hydrogen-bond donors (Lipinski definition) is 3. The van der Waals surface area contributed by atoms with Gasteiger partial charge >= 0.3 is 0 Å². The Balaban J connectivity index is 2.61. The van der Waals surface area contributed by atoms with Crippen molar-refractivity contribution in [3.05, 3.63) is 29.8 Å². The second-order valence-corrected chi connectivity index (χ2v) is 3.86. The van der Waals surface area contributed by atoms with Gasteiger partial charge in [0, 0.05) is 24.3 Å². The summed E-state index contributed by atoms with van der Waals surface area (Å²) in [4.78, 5) is 0. The summed E-state index contributed by atoms with van der Waals surface area (Å²) >= 11 is 0. The zero-order valence-electron chi connectivity index (χ0n) is 9.27. The molecule has 1 aromatic rings. The second kappa shape index (κ2) is 5.73. The molecule has 3 nitrogen and oxygen atoms in total. The molecule has 0 radical (unpaired) electrons. The standard InChI is InChI=1S/C12H19NO2/c1-9(7-8-14)13-10(2)11-5-3-4-6-12(11)15/h3-6,9-10,13-15H,7-8H2,1-2H3/t9-,10?/m1/s1. The molecule has 84 valence electrons. The fourth-order valence-electron chi connectivity index (χ4n) is 1.65. The lowest BCUT2D eigenvalue weighted by atomic mass is 10.1. The highest BCUT2D eigenvalue weighted by Gasteiger charge is 2.11. The van der Waals surface area contributed by atoms with Gasteiger partial charge in [-0.1, -0.05) is 18.2 Å². The summed E-state index contributed by atoms with van der Waals surface area (Å²) in [6, 6.07) is 7.63. The third kappa shape index (κ3) is 3.53. The number of aromatic hydroxyl groups is 1. The summed E-state index contributed by atoms with van der Waals surface area (Å²) < 4.78 is 0. The predicted octanol–water partition coefficient (Wildman–Crippen LogP) is 1.81. The number of aliphatic hydroxyl groups is 1. The molecule has 3 heteroatoms. The van der Waals surface area contributed by atoms with Gasteiger partial charge in [0.15, 0.2) is 0 Å². The van der Waals surface area contributed by atoms with Crippen molar-refractivity contribution >= 4 is 0 Å². The maximum Gasteiger partial charge on any atom is 0.120 e. The fraction of sp³-hybridized carbons (Fsp3) is 0.500. The molecular weight excluding hydrogens is 190 g/mol. The van der Waals surface area contributed by atoms with E-state index in [1.807, 2.05) is 32.0 Å². The maximum absolute atomic E-state index is 9.63. The Morgan fingerprint density at radius 2 is 1.93 bits per heavy atom. The molecule has 2 atom stereocenters. The van der Waals surface area contributed by atoms with Crippen LogP contribution < -0.4 is 5.32 Å². The SMILES string of the molecule is CC(N[C@H](C)CCO)c1ccccc1O. The summed E-state index contributed by atoms with van der Waals surface area (Å²) in [7, 11) is 0. The van der Waals surface area contributed by atoms with Gasteiger partial charge in [0.25, 0.3) is 0 Å². The molecule has 0 aliphatic heterocycles. The van der Waals surface area contributed by atoms with Crippen molar-refractivity contribution in [3.8, 4) is 5.75 Å². The summed E-state index contributed by atoms with van der Waals surface area (Å²) in [6.45, 7) is 4.21. The third-order valence-electron chi connectivity index (χ3n) is 2.50. The second-order valence-electron chi connectivity index (χ2n) is 3.86. The van der Waals surface area contributed by atoms with Gasteiger partial charge in [-0.2, -0.15) is 0 Å². The number of para-hydroxylation sites is 1. The zero-order valence-corrected chi connectivity index (χ0v) is 9.27. The molecule has 15 heavy (non-hydrogen) atoms. The van der Waals surface area contributed by atoms with Crippen molar-refractivity contribution in [2.45, 2.75) is 32.4 Å². The summed E-state index contributed by atoms with van der Waals surface area (Å²) in [5.74, 6) is 0.314. The van der Waals surface area contributed by atoms with E-state index in [9.17, 15) is 5.11 Å². The van der Waals surface area contributed by atoms with Gasteiger partial charge < -0.3 is 15.5 Å². The van der Waals surface area contributed by atoms with E-state index in [4.69, 9.17) is 5.11 Å². The molecule has 0 aliphatic carbocycles. The molecule has 0 saturated carbocycles. The van der Waals surface area contributed by atoms with Gasteiger partial charge in [0.1, 0.15) is 5.75 Å². The van der Waals surface area contributed by atoms with Crippen molar-refractivity contribution in [1.82, 2.24) is 5.32 Å². The monoisotopic (exact) mass is 209 g/mol. The van der Waals surface area contributed by atoms with Crippen LogP contribution in [0.3, 0.4) is 0 Å². The molecule has 0 fully saturated rings. The number of nitrogens with one attached hydrogen (secondary N) is 1. The predicted molar refractivity (Wildman–Crippen MR) is 60.8 cm³/mol. The van der Waals surface area contributed by atoms with Crippen LogP contribution in [-0.2, 0) is 0 Å².